The molecule has 118 valence electrons. The Kier molecular flexibility index (Phi) is 5.28. The number of rotatable bonds is 4. The fourth-order valence-electron chi connectivity index (χ4n) is 3.21. The normalized spacial score (nSPS) is 23.3. The van der Waals surface area contributed by atoms with Gasteiger partial charge in [-0.3, -0.25) is 0 Å². The molecule has 4 heteroatoms. The molecule has 0 aliphatic heterocycles. The van der Waals surface area contributed by atoms with Crippen LogP contribution >= 0.6 is 0 Å². The second-order valence-corrected chi connectivity index (χ2v) is 6.14. The second kappa shape index (κ2) is 6.80. The fourth-order valence-corrected chi connectivity index (χ4v) is 3.21. The van der Waals surface area contributed by atoms with E-state index in [1.165, 1.54) is 38.2 Å². The van der Waals surface area contributed by atoms with Gasteiger partial charge in [0.1, 0.15) is 5.82 Å². The fraction of sp³-hybridized carbons (Fsp3) is 0.647. The summed E-state index contributed by atoms with van der Waals surface area (Å²) < 4.78 is 51.2. The second-order valence-electron chi connectivity index (χ2n) is 6.14. The molecule has 1 saturated carbocycles. The Morgan fingerprint density at radius 3 is 2.19 bits per heavy atom. The van der Waals surface area contributed by atoms with Crippen molar-refractivity contribution in [2.45, 2.75) is 58.0 Å². The van der Waals surface area contributed by atoms with E-state index in [2.05, 4.69) is 6.92 Å². The van der Waals surface area contributed by atoms with E-state index < -0.39 is 17.6 Å². The Balaban J connectivity index is 1.89. The van der Waals surface area contributed by atoms with Gasteiger partial charge in [0.05, 0.1) is 5.56 Å². The highest BCUT2D eigenvalue weighted by molar-refractivity contribution is 5.26. The minimum absolute atomic E-state index is 0.403. The van der Waals surface area contributed by atoms with Crippen LogP contribution in [0.3, 0.4) is 0 Å². The Morgan fingerprint density at radius 2 is 1.67 bits per heavy atom. The maximum absolute atomic E-state index is 13.8. The predicted octanol–water partition coefficient (Wildman–Crippen LogP) is 5.99. The molecule has 1 fully saturated rings. The summed E-state index contributed by atoms with van der Waals surface area (Å²) in [7, 11) is 0. The topological polar surface area (TPSA) is 0 Å². The summed E-state index contributed by atoms with van der Waals surface area (Å²) >= 11 is 0. The first-order valence-electron chi connectivity index (χ1n) is 7.75. The van der Waals surface area contributed by atoms with Crippen LogP contribution in [0.4, 0.5) is 17.6 Å². The van der Waals surface area contributed by atoms with Crippen LogP contribution in [0.15, 0.2) is 18.2 Å². The van der Waals surface area contributed by atoms with Crippen LogP contribution in [0, 0.1) is 17.7 Å². The lowest BCUT2D eigenvalue weighted by molar-refractivity contribution is -0.137. The van der Waals surface area contributed by atoms with Crippen LogP contribution < -0.4 is 0 Å². The van der Waals surface area contributed by atoms with E-state index in [1.54, 1.807) is 0 Å². The highest BCUT2D eigenvalue weighted by atomic mass is 19.4. The van der Waals surface area contributed by atoms with E-state index in [4.69, 9.17) is 0 Å². The van der Waals surface area contributed by atoms with Gasteiger partial charge >= 0.3 is 6.18 Å². The molecule has 0 radical (unpaired) electrons. The molecule has 0 spiro atoms. The van der Waals surface area contributed by atoms with Gasteiger partial charge in [0, 0.05) is 0 Å². The van der Waals surface area contributed by atoms with Gasteiger partial charge in [-0.1, -0.05) is 45.1 Å². The van der Waals surface area contributed by atoms with Crippen molar-refractivity contribution in [2.24, 2.45) is 11.8 Å². The average molecular weight is 302 g/mol. The zero-order valence-electron chi connectivity index (χ0n) is 12.3. The number of hydrogen-bond donors (Lipinski definition) is 0. The highest BCUT2D eigenvalue weighted by Gasteiger charge is 2.31. The average Bonchev–Trinajstić information content (AvgIpc) is 2.45. The Morgan fingerprint density at radius 1 is 1.05 bits per heavy atom. The molecule has 21 heavy (non-hydrogen) atoms. The molecule has 0 nitrogen and oxygen atoms in total. The molecule has 1 aliphatic rings. The van der Waals surface area contributed by atoms with E-state index in [9.17, 15) is 17.6 Å². The third kappa shape index (κ3) is 4.45. The summed E-state index contributed by atoms with van der Waals surface area (Å²) in [6.45, 7) is 2.21. The Hall–Kier alpha value is -1.06. The number of aryl methyl sites for hydroxylation is 1. The molecule has 1 aromatic rings. The van der Waals surface area contributed by atoms with E-state index >= 15 is 0 Å². The van der Waals surface area contributed by atoms with Crippen molar-refractivity contribution in [3.8, 4) is 0 Å². The standard InChI is InChI=1S/C17H22F4/c1-2-12-3-5-13(6-4-12)7-8-14-9-10-15(11-16(14)18)17(19,20)21/h9-13H,2-8H2,1H3. The molecule has 0 saturated heterocycles. The van der Waals surface area contributed by atoms with Gasteiger partial charge in [-0.15, -0.1) is 0 Å². The Bertz CT molecular complexity index is 456. The number of hydrogen-bond acceptors (Lipinski definition) is 0. The van der Waals surface area contributed by atoms with Gasteiger partial charge in [0.2, 0.25) is 0 Å². The monoisotopic (exact) mass is 302 g/mol. The minimum atomic E-state index is -4.47. The molecule has 1 aliphatic carbocycles. The van der Waals surface area contributed by atoms with Crippen molar-refractivity contribution >= 4 is 0 Å². The SMILES string of the molecule is CCC1CCC(CCc2ccc(C(F)(F)F)cc2F)CC1. The summed E-state index contributed by atoms with van der Waals surface area (Å²) in [5.74, 6) is 0.686. The summed E-state index contributed by atoms with van der Waals surface area (Å²) in [5.41, 5.74) is -0.507. The van der Waals surface area contributed by atoms with E-state index in [1.807, 2.05) is 0 Å². The maximum atomic E-state index is 13.8. The number of halogens is 4. The molecule has 0 amide bonds. The van der Waals surface area contributed by atoms with Crippen LogP contribution in [0.1, 0.15) is 56.6 Å². The summed E-state index contributed by atoms with van der Waals surface area (Å²) in [6.07, 6.45) is 2.96. The first kappa shape index (κ1) is 16.3. The van der Waals surface area contributed by atoms with Crippen molar-refractivity contribution in [3.63, 3.8) is 0 Å². The zero-order valence-corrected chi connectivity index (χ0v) is 12.3. The zero-order chi connectivity index (χ0) is 15.5. The summed E-state index contributed by atoms with van der Waals surface area (Å²) in [4.78, 5) is 0. The van der Waals surface area contributed by atoms with E-state index in [0.29, 0.717) is 24.0 Å². The summed E-state index contributed by atoms with van der Waals surface area (Å²) in [5, 5.41) is 0. The first-order valence-corrected chi connectivity index (χ1v) is 7.75. The van der Waals surface area contributed by atoms with E-state index in [-0.39, 0.29) is 0 Å². The number of benzene rings is 1. The van der Waals surface area contributed by atoms with Gasteiger partial charge < -0.3 is 0 Å². The quantitative estimate of drug-likeness (QED) is 0.599. The minimum Gasteiger partial charge on any atom is -0.207 e. The van der Waals surface area contributed by atoms with Crippen molar-refractivity contribution in [3.05, 3.63) is 35.1 Å². The molecular formula is C17H22F4. The van der Waals surface area contributed by atoms with Gasteiger partial charge in [0.25, 0.3) is 0 Å². The number of alkyl halides is 3. The van der Waals surface area contributed by atoms with Crippen molar-refractivity contribution in [2.75, 3.05) is 0 Å². The molecule has 0 heterocycles. The van der Waals surface area contributed by atoms with Crippen molar-refractivity contribution in [1.82, 2.24) is 0 Å². The lowest BCUT2D eigenvalue weighted by Crippen LogP contribution is -2.14. The predicted molar refractivity (Wildman–Crippen MR) is 75.5 cm³/mol. The first-order chi connectivity index (χ1) is 9.90. The molecule has 0 aromatic heterocycles. The van der Waals surface area contributed by atoms with E-state index in [0.717, 1.165) is 18.4 Å². The molecule has 2 rings (SSSR count). The van der Waals surface area contributed by atoms with Crippen molar-refractivity contribution < 1.29 is 17.6 Å². The lowest BCUT2D eigenvalue weighted by atomic mass is 9.78. The molecule has 0 atom stereocenters. The smallest absolute Gasteiger partial charge is 0.207 e. The third-order valence-corrected chi connectivity index (χ3v) is 4.75. The molecular weight excluding hydrogens is 280 g/mol. The van der Waals surface area contributed by atoms with Crippen LogP contribution in [-0.4, -0.2) is 0 Å². The van der Waals surface area contributed by atoms with Gasteiger partial charge in [0.15, 0.2) is 0 Å². The van der Waals surface area contributed by atoms with Crippen LogP contribution in [0.2, 0.25) is 0 Å². The molecule has 1 aromatic carbocycles. The molecule has 0 N–H and O–H groups in total. The third-order valence-electron chi connectivity index (χ3n) is 4.75. The highest BCUT2D eigenvalue weighted by Crippen LogP contribution is 2.34. The lowest BCUT2D eigenvalue weighted by Gasteiger charge is -2.27. The van der Waals surface area contributed by atoms with Gasteiger partial charge in [-0.25, -0.2) is 4.39 Å². The largest absolute Gasteiger partial charge is 0.416 e. The Labute approximate surface area is 123 Å². The van der Waals surface area contributed by atoms with Crippen LogP contribution in [0.25, 0.3) is 0 Å². The summed E-state index contributed by atoms with van der Waals surface area (Å²) in [6, 6.07) is 2.88. The van der Waals surface area contributed by atoms with Crippen molar-refractivity contribution in [1.29, 1.82) is 0 Å². The van der Waals surface area contributed by atoms with Gasteiger partial charge in [-0.05, 0) is 42.4 Å². The van der Waals surface area contributed by atoms with Crippen LogP contribution in [0.5, 0.6) is 0 Å². The van der Waals surface area contributed by atoms with Crippen LogP contribution in [-0.2, 0) is 12.6 Å². The maximum Gasteiger partial charge on any atom is 0.416 e. The molecule has 0 unspecified atom stereocenters. The molecule has 0 bridgehead atoms. The van der Waals surface area contributed by atoms with Gasteiger partial charge in [-0.2, -0.15) is 13.2 Å².